The van der Waals surface area contributed by atoms with Gasteiger partial charge < -0.3 is 9.47 Å². The summed E-state index contributed by atoms with van der Waals surface area (Å²) >= 11 is 0. The van der Waals surface area contributed by atoms with Crippen LogP contribution in [0, 0.1) is 0 Å². The molecule has 0 radical (unpaired) electrons. The average Bonchev–Trinajstić information content (AvgIpc) is 3.85. The maximum atomic E-state index is 6.84. The van der Waals surface area contributed by atoms with Crippen molar-refractivity contribution in [2.24, 2.45) is 0 Å². The number of imidazole rings is 1. The van der Waals surface area contributed by atoms with E-state index < -0.39 is 5.41 Å². The van der Waals surface area contributed by atoms with Gasteiger partial charge in [0.2, 0.25) is 0 Å². The average molecular weight is 767 g/mol. The van der Waals surface area contributed by atoms with E-state index in [9.17, 15) is 0 Å². The standard InChI is InChI=1S/C56H34N2O2/c1-3-15-37(16-4-1)56(38-17-5-2-6-18-38)46-23-11-9-21-42(46)44-33-53-54(34-47(44)56)59-51-30-28-36(32-52(51)60-53)40-20-8-7-19-39(40)35-27-29-41-43-22-10-13-25-49(43)58-50-26-14-12-24-48(50)57-55(58)45(41)31-35/h1-34H. The van der Waals surface area contributed by atoms with Crippen molar-refractivity contribution in [2.75, 3.05) is 0 Å². The van der Waals surface area contributed by atoms with Gasteiger partial charge in [0.15, 0.2) is 23.0 Å². The van der Waals surface area contributed by atoms with Crippen LogP contribution in [-0.2, 0) is 5.41 Å². The lowest BCUT2D eigenvalue weighted by Crippen LogP contribution is -2.28. The summed E-state index contributed by atoms with van der Waals surface area (Å²) in [5.74, 6) is 2.79. The smallest absolute Gasteiger partial charge is 0.170 e. The van der Waals surface area contributed by atoms with Crippen molar-refractivity contribution in [2.45, 2.75) is 5.41 Å². The van der Waals surface area contributed by atoms with Gasteiger partial charge in [0.25, 0.3) is 0 Å². The van der Waals surface area contributed by atoms with Crippen molar-refractivity contribution >= 4 is 38.4 Å². The van der Waals surface area contributed by atoms with Gasteiger partial charge in [0.05, 0.1) is 22.0 Å². The topological polar surface area (TPSA) is 35.8 Å². The monoisotopic (exact) mass is 766 g/mol. The zero-order valence-electron chi connectivity index (χ0n) is 32.3. The highest BCUT2D eigenvalue weighted by atomic mass is 16.6. The van der Waals surface area contributed by atoms with Gasteiger partial charge in [0.1, 0.15) is 5.65 Å². The number of nitrogens with zero attached hydrogens (tertiary/aromatic N) is 2. The molecular formula is C56H34N2O2. The number of hydrogen-bond acceptors (Lipinski definition) is 3. The van der Waals surface area contributed by atoms with E-state index in [0.717, 1.165) is 55.4 Å². The molecule has 0 unspecified atom stereocenters. The molecule has 0 spiro atoms. The van der Waals surface area contributed by atoms with Crippen molar-refractivity contribution in [3.8, 4) is 56.4 Å². The van der Waals surface area contributed by atoms with Gasteiger partial charge in [-0.3, -0.25) is 4.40 Å². The number of aromatic nitrogens is 2. The predicted octanol–water partition coefficient (Wildman–Crippen LogP) is 14.4. The second-order valence-corrected chi connectivity index (χ2v) is 15.8. The van der Waals surface area contributed by atoms with Crippen LogP contribution in [-0.4, -0.2) is 9.38 Å². The van der Waals surface area contributed by atoms with Crippen LogP contribution in [0.1, 0.15) is 22.3 Å². The fourth-order valence-corrected chi connectivity index (χ4v) is 10.1. The Morgan fingerprint density at radius 1 is 0.367 bits per heavy atom. The summed E-state index contributed by atoms with van der Waals surface area (Å²) in [5, 5.41) is 3.51. The highest BCUT2D eigenvalue weighted by molar-refractivity contribution is 6.15. The van der Waals surface area contributed by atoms with E-state index in [4.69, 9.17) is 14.5 Å². The first-order valence-corrected chi connectivity index (χ1v) is 20.4. The highest BCUT2D eigenvalue weighted by Crippen LogP contribution is 2.60. The minimum atomic E-state index is -0.520. The third kappa shape index (κ3) is 4.59. The molecule has 0 bridgehead atoms. The summed E-state index contributed by atoms with van der Waals surface area (Å²) < 4.78 is 15.9. The maximum Gasteiger partial charge on any atom is 0.170 e. The molecule has 0 amide bonds. The van der Waals surface area contributed by atoms with Crippen molar-refractivity contribution in [1.29, 1.82) is 0 Å². The Hall–Kier alpha value is -7.95. The fraction of sp³-hybridized carbons (Fsp3) is 0.0179. The quantitative estimate of drug-likeness (QED) is 0.167. The Balaban J connectivity index is 0.931. The van der Waals surface area contributed by atoms with Crippen molar-refractivity contribution in [3.63, 3.8) is 0 Å². The lowest BCUT2D eigenvalue weighted by Gasteiger charge is -2.34. The zero-order chi connectivity index (χ0) is 39.4. The molecule has 0 atom stereocenters. The van der Waals surface area contributed by atoms with Crippen LogP contribution in [0.5, 0.6) is 23.0 Å². The Bertz CT molecular complexity index is 3510. The molecule has 11 aromatic rings. The number of para-hydroxylation sites is 3. The Kier molecular flexibility index (Phi) is 6.90. The van der Waals surface area contributed by atoms with Gasteiger partial charge in [0, 0.05) is 10.8 Å². The summed E-state index contributed by atoms with van der Waals surface area (Å²) in [6.45, 7) is 0. The first-order valence-electron chi connectivity index (χ1n) is 20.4. The van der Waals surface area contributed by atoms with E-state index in [2.05, 4.69) is 205 Å². The van der Waals surface area contributed by atoms with E-state index in [0.29, 0.717) is 23.0 Å². The van der Waals surface area contributed by atoms with E-state index >= 15 is 0 Å². The second kappa shape index (κ2) is 12.5. The SMILES string of the molecule is c1ccc(C2(c3ccccc3)c3ccccc3-c3cc4c(cc32)Oc2ccc(-c3ccccc3-c3ccc5c6ccccc6n6c7ccccc7nc6c5c3)cc2O4)cc1. The molecule has 0 fully saturated rings. The summed E-state index contributed by atoms with van der Waals surface area (Å²) in [5.41, 5.74) is 15.3. The van der Waals surface area contributed by atoms with Gasteiger partial charge in [-0.1, -0.05) is 158 Å². The van der Waals surface area contributed by atoms with Crippen LogP contribution >= 0.6 is 0 Å². The summed E-state index contributed by atoms with van der Waals surface area (Å²) in [6, 6.07) is 73.5. The molecule has 4 heteroatoms. The minimum absolute atomic E-state index is 0.520. The fourth-order valence-electron chi connectivity index (χ4n) is 10.1. The lowest BCUT2D eigenvalue weighted by atomic mass is 9.67. The van der Waals surface area contributed by atoms with Crippen LogP contribution in [0.3, 0.4) is 0 Å². The number of benzene rings is 9. The molecule has 13 rings (SSSR count). The first kappa shape index (κ1) is 33.1. The Morgan fingerprint density at radius 2 is 0.950 bits per heavy atom. The van der Waals surface area contributed by atoms with Crippen molar-refractivity contribution in [3.05, 3.63) is 229 Å². The lowest BCUT2D eigenvalue weighted by molar-refractivity contribution is 0.359. The Labute approximate surface area is 346 Å². The van der Waals surface area contributed by atoms with Crippen molar-refractivity contribution in [1.82, 2.24) is 9.38 Å². The third-order valence-electron chi connectivity index (χ3n) is 12.7. The highest BCUT2D eigenvalue weighted by Gasteiger charge is 2.47. The molecular weight excluding hydrogens is 733 g/mol. The van der Waals surface area contributed by atoms with Crippen LogP contribution < -0.4 is 9.47 Å². The minimum Gasteiger partial charge on any atom is -0.450 e. The molecule has 2 aliphatic rings. The summed E-state index contributed by atoms with van der Waals surface area (Å²) in [4.78, 5) is 5.18. The van der Waals surface area contributed by atoms with Gasteiger partial charge >= 0.3 is 0 Å². The van der Waals surface area contributed by atoms with Crippen molar-refractivity contribution < 1.29 is 9.47 Å². The van der Waals surface area contributed by atoms with E-state index in [-0.39, 0.29) is 0 Å². The number of pyridine rings is 1. The molecule has 1 aliphatic carbocycles. The molecule has 0 N–H and O–H groups in total. The number of rotatable bonds is 4. The van der Waals surface area contributed by atoms with Gasteiger partial charge in [-0.05, 0) is 110 Å². The van der Waals surface area contributed by atoms with Gasteiger partial charge in [-0.25, -0.2) is 4.98 Å². The van der Waals surface area contributed by atoms with Crippen LogP contribution in [0.2, 0.25) is 0 Å². The molecule has 1 aliphatic heterocycles. The normalized spacial score (nSPS) is 13.4. The summed E-state index contributed by atoms with van der Waals surface area (Å²) in [6.07, 6.45) is 0. The number of ether oxygens (including phenoxy) is 2. The second-order valence-electron chi connectivity index (χ2n) is 15.8. The number of fused-ring (bicyclic) bond motifs is 13. The molecule has 9 aromatic carbocycles. The van der Waals surface area contributed by atoms with Gasteiger partial charge in [-0.15, -0.1) is 0 Å². The summed E-state index contributed by atoms with van der Waals surface area (Å²) in [7, 11) is 0. The molecule has 60 heavy (non-hydrogen) atoms. The molecule has 3 heterocycles. The molecule has 2 aromatic heterocycles. The van der Waals surface area contributed by atoms with Crippen LogP contribution in [0.15, 0.2) is 206 Å². The predicted molar refractivity (Wildman–Crippen MR) is 242 cm³/mol. The molecule has 0 saturated carbocycles. The zero-order valence-corrected chi connectivity index (χ0v) is 32.3. The first-order chi connectivity index (χ1) is 29.7. The largest absolute Gasteiger partial charge is 0.450 e. The Morgan fingerprint density at radius 3 is 1.73 bits per heavy atom. The van der Waals surface area contributed by atoms with Crippen LogP contribution in [0.25, 0.3) is 71.7 Å². The maximum absolute atomic E-state index is 6.84. The number of hydrogen-bond donors (Lipinski definition) is 0. The molecule has 280 valence electrons. The van der Waals surface area contributed by atoms with E-state index in [1.807, 2.05) is 6.07 Å². The van der Waals surface area contributed by atoms with Gasteiger partial charge in [-0.2, -0.15) is 0 Å². The molecule has 4 nitrogen and oxygen atoms in total. The molecule has 0 saturated heterocycles. The van der Waals surface area contributed by atoms with Crippen LogP contribution in [0.4, 0.5) is 0 Å². The van der Waals surface area contributed by atoms with E-state index in [1.54, 1.807) is 0 Å². The van der Waals surface area contributed by atoms with E-state index in [1.165, 1.54) is 38.6 Å². The third-order valence-corrected chi connectivity index (χ3v) is 12.7.